The molecule has 17 heavy (non-hydrogen) atoms. The third-order valence-corrected chi connectivity index (χ3v) is 3.65. The van der Waals surface area contributed by atoms with Crippen LogP contribution < -0.4 is 0 Å². The van der Waals surface area contributed by atoms with Gasteiger partial charge < -0.3 is 0 Å². The number of hydrogen-bond donors (Lipinski definition) is 0. The molecule has 94 valence electrons. The average Bonchev–Trinajstić information content (AvgIpc) is 2.31. The summed E-state index contributed by atoms with van der Waals surface area (Å²) in [6, 6.07) is 0. The van der Waals surface area contributed by atoms with E-state index in [2.05, 4.69) is 44.1 Å². The molecule has 1 nitrogen and oxygen atoms in total. The maximum atomic E-state index is 4.43. The lowest BCUT2D eigenvalue weighted by atomic mass is 9.82. The van der Waals surface area contributed by atoms with Crippen LogP contribution in [0.2, 0.25) is 0 Å². The molecular weight excluding hydrogens is 206 g/mol. The van der Waals surface area contributed by atoms with E-state index in [1.807, 2.05) is 12.3 Å². The monoisotopic (exact) mass is 231 g/mol. The zero-order valence-corrected chi connectivity index (χ0v) is 11.2. The molecule has 1 heteroatoms. The Bertz CT molecular complexity index is 311. The van der Waals surface area contributed by atoms with Crippen LogP contribution in [0.5, 0.6) is 0 Å². The summed E-state index contributed by atoms with van der Waals surface area (Å²) in [7, 11) is 0. The first-order chi connectivity index (χ1) is 8.15. The van der Waals surface area contributed by atoms with Crippen LogP contribution in [-0.2, 0) is 0 Å². The molecule has 1 aliphatic heterocycles. The highest BCUT2D eigenvalue weighted by Gasteiger charge is 2.19. The minimum atomic E-state index is 0.485. The molecule has 0 saturated heterocycles. The predicted molar refractivity (Wildman–Crippen MR) is 77.3 cm³/mol. The maximum Gasteiger partial charge on any atom is 0.0356 e. The summed E-state index contributed by atoms with van der Waals surface area (Å²) < 4.78 is 0. The second kappa shape index (κ2) is 7.26. The van der Waals surface area contributed by atoms with E-state index in [-0.39, 0.29) is 0 Å². The van der Waals surface area contributed by atoms with Crippen LogP contribution in [0, 0.1) is 17.8 Å². The van der Waals surface area contributed by atoms with E-state index >= 15 is 0 Å². The summed E-state index contributed by atoms with van der Waals surface area (Å²) in [5.41, 5.74) is 1.03. The fourth-order valence-corrected chi connectivity index (χ4v) is 2.41. The molecule has 0 aromatic carbocycles. The largest absolute Gasteiger partial charge is 0.266 e. The molecule has 0 aromatic heterocycles. The normalized spacial score (nSPS) is 33.5. The molecule has 1 rings (SSSR count). The van der Waals surface area contributed by atoms with Gasteiger partial charge in [0.05, 0.1) is 0 Å². The second-order valence-electron chi connectivity index (χ2n) is 5.13. The highest BCUT2D eigenvalue weighted by Crippen LogP contribution is 2.29. The van der Waals surface area contributed by atoms with Gasteiger partial charge in [0.25, 0.3) is 0 Å². The van der Waals surface area contributed by atoms with Gasteiger partial charge in [0, 0.05) is 11.9 Å². The molecule has 0 fully saturated rings. The van der Waals surface area contributed by atoms with Gasteiger partial charge in [0.1, 0.15) is 0 Å². The van der Waals surface area contributed by atoms with E-state index < -0.39 is 0 Å². The minimum Gasteiger partial charge on any atom is -0.266 e. The number of aliphatic imine (C=N–C) groups is 1. The molecule has 0 spiro atoms. The lowest BCUT2D eigenvalue weighted by molar-refractivity contribution is 0.338. The van der Waals surface area contributed by atoms with Gasteiger partial charge in [-0.3, -0.25) is 4.99 Å². The van der Waals surface area contributed by atoms with Crippen molar-refractivity contribution in [2.45, 2.75) is 39.5 Å². The quantitative estimate of drug-likeness (QED) is 0.607. The Labute approximate surface area is 106 Å². The Morgan fingerprint density at radius 2 is 2.18 bits per heavy atom. The van der Waals surface area contributed by atoms with Crippen molar-refractivity contribution in [2.75, 3.05) is 0 Å². The molecule has 1 heterocycles. The Balaban J connectivity index is 2.74. The van der Waals surface area contributed by atoms with Gasteiger partial charge in [-0.25, -0.2) is 0 Å². The van der Waals surface area contributed by atoms with Gasteiger partial charge in [0.2, 0.25) is 0 Å². The van der Waals surface area contributed by atoms with Gasteiger partial charge >= 0.3 is 0 Å². The fraction of sp³-hybridized carbons (Fsp3) is 0.562. The molecule has 2 unspecified atom stereocenters. The number of rotatable bonds is 2. The van der Waals surface area contributed by atoms with Crippen LogP contribution in [0.3, 0.4) is 0 Å². The second-order valence-corrected chi connectivity index (χ2v) is 5.13. The molecule has 0 aromatic rings. The van der Waals surface area contributed by atoms with Crippen LogP contribution in [0.1, 0.15) is 39.5 Å². The van der Waals surface area contributed by atoms with Crippen molar-refractivity contribution in [3.63, 3.8) is 0 Å². The number of hydrogen-bond acceptors (Lipinski definition) is 1. The van der Waals surface area contributed by atoms with Gasteiger partial charge in [0.15, 0.2) is 0 Å². The van der Waals surface area contributed by atoms with E-state index in [9.17, 15) is 0 Å². The third kappa shape index (κ3) is 4.72. The van der Waals surface area contributed by atoms with Gasteiger partial charge in [-0.15, -0.1) is 0 Å². The van der Waals surface area contributed by atoms with E-state index in [4.69, 9.17) is 0 Å². The Hall–Kier alpha value is -1.11. The Morgan fingerprint density at radius 1 is 1.41 bits per heavy atom. The van der Waals surface area contributed by atoms with Crippen molar-refractivity contribution < 1.29 is 0 Å². The first-order valence-corrected chi connectivity index (χ1v) is 6.65. The van der Waals surface area contributed by atoms with Gasteiger partial charge in [-0.1, -0.05) is 45.2 Å². The van der Waals surface area contributed by atoms with Crippen molar-refractivity contribution in [1.82, 2.24) is 0 Å². The number of allylic oxidation sites excluding steroid dienone is 4. The van der Waals surface area contributed by atoms with Crippen molar-refractivity contribution in [3.05, 3.63) is 37.1 Å². The van der Waals surface area contributed by atoms with Gasteiger partial charge in [-0.2, -0.15) is 0 Å². The third-order valence-electron chi connectivity index (χ3n) is 3.65. The van der Waals surface area contributed by atoms with Crippen molar-refractivity contribution in [1.29, 1.82) is 0 Å². The van der Waals surface area contributed by atoms with E-state index in [1.54, 1.807) is 0 Å². The molecular formula is C16H25N. The topological polar surface area (TPSA) is 12.4 Å². The zero-order chi connectivity index (χ0) is 12.7. The Kier molecular flexibility index (Phi) is 5.96. The smallest absolute Gasteiger partial charge is 0.0356 e. The lowest BCUT2D eigenvalue weighted by Crippen LogP contribution is -2.14. The zero-order valence-electron chi connectivity index (χ0n) is 11.2. The fourth-order valence-electron chi connectivity index (χ4n) is 2.41. The summed E-state index contributed by atoms with van der Waals surface area (Å²) in [6.45, 7) is 12.4. The van der Waals surface area contributed by atoms with E-state index in [0.29, 0.717) is 17.8 Å². The predicted octanol–water partition coefficient (Wildman–Crippen LogP) is 4.78. The highest BCUT2D eigenvalue weighted by molar-refractivity contribution is 5.58. The lowest BCUT2D eigenvalue weighted by Gasteiger charge is -2.25. The summed E-state index contributed by atoms with van der Waals surface area (Å²) in [4.78, 5) is 4.43. The molecule has 0 amide bonds. The molecule has 0 radical (unpaired) electrons. The molecule has 0 bridgehead atoms. The van der Waals surface area contributed by atoms with Crippen molar-refractivity contribution in [3.8, 4) is 0 Å². The molecule has 1 aliphatic rings. The highest BCUT2D eigenvalue weighted by atomic mass is 14.7. The SMILES string of the molecule is C=C/C=C\[C@H]1CCC/C=N\C(=C)C(C)CC1C. The van der Waals surface area contributed by atoms with Crippen LogP contribution in [0.4, 0.5) is 0 Å². The van der Waals surface area contributed by atoms with Gasteiger partial charge in [-0.05, 0) is 43.4 Å². The van der Waals surface area contributed by atoms with Crippen LogP contribution in [0.25, 0.3) is 0 Å². The summed E-state index contributed by atoms with van der Waals surface area (Å²) in [5.74, 6) is 1.83. The molecule has 0 aliphatic carbocycles. The van der Waals surface area contributed by atoms with E-state index in [0.717, 1.165) is 12.1 Å². The number of nitrogens with zero attached hydrogens (tertiary/aromatic N) is 1. The van der Waals surface area contributed by atoms with Crippen molar-refractivity contribution in [2.24, 2.45) is 22.7 Å². The maximum absolute atomic E-state index is 4.43. The first kappa shape index (κ1) is 14.0. The summed E-state index contributed by atoms with van der Waals surface area (Å²) in [6.07, 6.45) is 13.0. The minimum absolute atomic E-state index is 0.485. The Morgan fingerprint density at radius 3 is 2.88 bits per heavy atom. The summed E-state index contributed by atoms with van der Waals surface area (Å²) in [5, 5.41) is 0. The van der Waals surface area contributed by atoms with Crippen LogP contribution in [0.15, 0.2) is 42.1 Å². The molecule has 3 atom stereocenters. The van der Waals surface area contributed by atoms with Crippen LogP contribution >= 0.6 is 0 Å². The van der Waals surface area contributed by atoms with Crippen molar-refractivity contribution >= 4 is 6.21 Å². The first-order valence-electron chi connectivity index (χ1n) is 6.65. The standard InChI is InChI=1S/C16H25N/c1-5-6-9-16-10-7-8-11-17-15(4)13(2)12-14(16)3/h5-6,9,11,13-14,16H,1,4,7-8,10,12H2,2-3H3/b9-6-,17-11-/t13?,14?,16-/m0/s1. The van der Waals surface area contributed by atoms with Crippen LogP contribution in [-0.4, -0.2) is 6.21 Å². The molecule has 0 saturated carbocycles. The summed E-state index contributed by atoms with van der Waals surface area (Å²) >= 11 is 0. The van der Waals surface area contributed by atoms with E-state index in [1.165, 1.54) is 19.3 Å². The molecule has 0 N–H and O–H groups in total. The average molecular weight is 231 g/mol.